The zero-order valence-electron chi connectivity index (χ0n) is 22.3. The van der Waals surface area contributed by atoms with Gasteiger partial charge >= 0.3 is 0 Å². The fourth-order valence-corrected chi connectivity index (χ4v) is 4.59. The number of nitrogens with zero attached hydrogens (tertiary/aromatic N) is 3. The third-order valence-corrected chi connectivity index (χ3v) is 7.15. The van der Waals surface area contributed by atoms with Crippen molar-refractivity contribution in [1.82, 2.24) is 4.98 Å². The molecule has 2 N–H and O–H groups in total. The molecule has 4 rings (SSSR count). The molecule has 2 aromatic rings. The van der Waals surface area contributed by atoms with Gasteiger partial charge in [-0.3, -0.25) is 4.99 Å². The number of nitrogens with one attached hydrogen (secondary N) is 2. The van der Waals surface area contributed by atoms with Crippen molar-refractivity contribution in [3.8, 4) is 0 Å². The molecule has 1 aromatic heterocycles. The molecule has 0 bridgehead atoms. The van der Waals surface area contributed by atoms with Gasteiger partial charge in [0.25, 0.3) is 6.43 Å². The van der Waals surface area contributed by atoms with E-state index in [-0.39, 0.29) is 19.1 Å². The number of aliphatic imine (C=N–C) groups is 1. The third-order valence-electron chi connectivity index (χ3n) is 7.15. The van der Waals surface area contributed by atoms with Crippen molar-refractivity contribution >= 4 is 34.8 Å². The first-order valence-electron chi connectivity index (χ1n) is 13.3. The van der Waals surface area contributed by atoms with Gasteiger partial charge in [-0.1, -0.05) is 13.8 Å². The van der Waals surface area contributed by atoms with Crippen LogP contribution in [-0.2, 0) is 16.1 Å². The number of rotatable bonds is 11. The van der Waals surface area contributed by atoms with E-state index in [0.29, 0.717) is 25.1 Å². The van der Waals surface area contributed by atoms with Gasteiger partial charge in [0.2, 0.25) is 0 Å². The second kappa shape index (κ2) is 12.6. The molecule has 0 spiro atoms. The highest BCUT2D eigenvalue weighted by molar-refractivity contribution is 5.77. The van der Waals surface area contributed by atoms with E-state index < -0.39 is 12.5 Å². The zero-order valence-corrected chi connectivity index (χ0v) is 22.3. The zero-order chi connectivity index (χ0) is 26.4. The summed E-state index contributed by atoms with van der Waals surface area (Å²) in [5, 5.41) is 6.73. The highest BCUT2D eigenvalue weighted by atomic mass is 19.3. The lowest BCUT2D eigenvalue weighted by Gasteiger charge is -2.34. The summed E-state index contributed by atoms with van der Waals surface area (Å²) in [4.78, 5) is 11.5. The van der Waals surface area contributed by atoms with E-state index in [1.807, 2.05) is 37.1 Å². The van der Waals surface area contributed by atoms with Crippen molar-refractivity contribution in [3.63, 3.8) is 0 Å². The van der Waals surface area contributed by atoms with Crippen LogP contribution in [0.15, 0.2) is 29.3 Å². The Balaban J connectivity index is 1.66. The Morgan fingerprint density at radius 1 is 1.27 bits per heavy atom. The van der Waals surface area contributed by atoms with Gasteiger partial charge in [0.1, 0.15) is 17.6 Å². The lowest BCUT2D eigenvalue weighted by Crippen LogP contribution is -2.45. The monoisotopic (exact) mass is 515 g/mol. The summed E-state index contributed by atoms with van der Waals surface area (Å²) in [7, 11) is 1.88. The summed E-state index contributed by atoms with van der Waals surface area (Å²) in [6, 6.07) is 8.03. The number of ether oxygens (including phenoxy) is 2. The summed E-state index contributed by atoms with van der Waals surface area (Å²) in [5.41, 5.74) is 5.36. The molecule has 2 fully saturated rings. The summed E-state index contributed by atoms with van der Waals surface area (Å²) in [6.45, 7) is 7.63. The van der Waals surface area contributed by atoms with Crippen LogP contribution in [0.5, 0.6) is 0 Å². The summed E-state index contributed by atoms with van der Waals surface area (Å²) >= 11 is 0. The third kappa shape index (κ3) is 6.76. The maximum Gasteiger partial charge on any atom is 0.266 e. The quantitative estimate of drug-likeness (QED) is 0.327. The van der Waals surface area contributed by atoms with E-state index in [2.05, 4.69) is 35.5 Å². The van der Waals surface area contributed by atoms with Gasteiger partial charge in [-0.2, -0.15) is 0 Å². The smallest absolute Gasteiger partial charge is 0.266 e. The van der Waals surface area contributed by atoms with Crippen LogP contribution in [0.2, 0.25) is 0 Å². The van der Waals surface area contributed by atoms with Crippen LogP contribution < -0.4 is 15.5 Å². The molecule has 2 unspecified atom stereocenters. The summed E-state index contributed by atoms with van der Waals surface area (Å²) in [6.07, 6.45) is 2.80. The average Bonchev–Trinajstić information content (AvgIpc) is 2.88. The van der Waals surface area contributed by atoms with Crippen molar-refractivity contribution in [2.45, 2.75) is 77.6 Å². The molecule has 2 heterocycles. The first kappa shape index (κ1) is 27.3. The second-order valence-electron chi connectivity index (χ2n) is 9.80. The van der Waals surface area contributed by atoms with E-state index in [1.54, 1.807) is 6.21 Å². The SMILES string of the molecule is CC=Nc1c(NC)cc(Nc2cc(COC3CCC3)cc(N3CCOC(C(F)F)C3)c2)nc1C(C)CC. The highest BCUT2D eigenvalue weighted by Gasteiger charge is 2.28. The molecule has 1 saturated heterocycles. The van der Waals surface area contributed by atoms with Crippen LogP contribution in [0.25, 0.3) is 0 Å². The molecule has 0 radical (unpaired) electrons. The van der Waals surface area contributed by atoms with Crippen LogP contribution >= 0.6 is 0 Å². The Morgan fingerprint density at radius 3 is 2.73 bits per heavy atom. The minimum absolute atomic E-state index is 0.147. The predicted octanol–water partition coefficient (Wildman–Crippen LogP) is 6.64. The van der Waals surface area contributed by atoms with E-state index in [0.717, 1.165) is 53.3 Å². The van der Waals surface area contributed by atoms with Gasteiger partial charge in [-0.25, -0.2) is 13.8 Å². The number of hydrogen-bond acceptors (Lipinski definition) is 7. The molecule has 2 aliphatic rings. The number of pyridine rings is 1. The van der Waals surface area contributed by atoms with Gasteiger partial charge in [-0.15, -0.1) is 0 Å². The van der Waals surface area contributed by atoms with E-state index >= 15 is 0 Å². The number of alkyl halides is 2. The Hall–Kier alpha value is -2.78. The van der Waals surface area contributed by atoms with Crippen molar-refractivity contribution in [2.75, 3.05) is 42.3 Å². The Bertz CT molecular complexity index is 1080. The number of aromatic nitrogens is 1. The Labute approximate surface area is 218 Å². The van der Waals surface area contributed by atoms with Crippen LogP contribution in [0.1, 0.15) is 63.6 Å². The first-order valence-corrected chi connectivity index (χ1v) is 13.3. The van der Waals surface area contributed by atoms with Crippen molar-refractivity contribution in [3.05, 3.63) is 35.5 Å². The number of anilines is 4. The molecule has 37 heavy (non-hydrogen) atoms. The maximum atomic E-state index is 13.4. The number of hydrogen-bond donors (Lipinski definition) is 2. The van der Waals surface area contributed by atoms with Crippen LogP contribution in [-0.4, -0.2) is 56.6 Å². The molecule has 2 atom stereocenters. The van der Waals surface area contributed by atoms with Crippen LogP contribution in [0, 0.1) is 0 Å². The van der Waals surface area contributed by atoms with Crippen molar-refractivity contribution in [1.29, 1.82) is 0 Å². The molecule has 1 saturated carbocycles. The van der Waals surface area contributed by atoms with Gasteiger partial charge < -0.3 is 25.0 Å². The van der Waals surface area contributed by atoms with Crippen molar-refractivity contribution in [2.24, 2.45) is 4.99 Å². The molecular formula is C28H39F2N5O2. The molecule has 1 aliphatic carbocycles. The molecule has 7 nitrogen and oxygen atoms in total. The van der Waals surface area contributed by atoms with Crippen LogP contribution in [0.4, 0.5) is 37.3 Å². The number of morpholine rings is 1. The fourth-order valence-electron chi connectivity index (χ4n) is 4.59. The fraction of sp³-hybridized carbons (Fsp3) is 0.571. The first-order chi connectivity index (χ1) is 17.9. The summed E-state index contributed by atoms with van der Waals surface area (Å²) < 4.78 is 38.2. The molecule has 202 valence electrons. The van der Waals surface area contributed by atoms with Gasteiger partial charge in [-0.05, 0) is 56.4 Å². The van der Waals surface area contributed by atoms with E-state index in [9.17, 15) is 8.78 Å². The highest BCUT2D eigenvalue weighted by Crippen LogP contribution is 2.37. The lowest BCUT2D eigenvalue weighted by atomic mass is 9.96. The number of benzene rings is 1. The van der Waals surface area contributed by atoms with Crippen molar-refractivity contribution < 1.29 is 18.3 Å². The topological polar surface area (TPSA) is 71.0 Å². The molecular weight excluding hydrogens is 476 g/mol. The lowest BCUT2D eigenvalue weighted by molar-refractivity contribution is -0.0614. The predicted molar refractivity (Wildman–Crippen MR) is 146 cm³/mol. The largest absolute Gasteiger partial charge is 0.386 e. The standard InChI is InChI=1S/C28H39F2N5O2/c1-5-18(3)26-27(32-6-2)23(31-4)15-25(34-26)33-20-12-19(17-37-22-8-7-9-22)13-21(14-20)35-10-11-36-24(16-35)28(29)30/h6,12-15,18,22,24,28H,5,7-11,16-17H2,1-4H3,(H2,31,33,34). The van der Waals surface area contributed by atoms with E-state index in [4.69, 9.17) is 14.5 Å². The maximum absolute atomic E-state index is 13.4. The second-order valence-corrected chi connectivity index (χ2v) is 9.80. The molecule has 9 heteroatoms. The van der Waals surface area contributed by atoms with Crippen LogP contribution in [0.3, 0.4) is 0 Å². The van der Waals surface area contributed by atoms with Gasteiger partial charge in [0, 0.05) is 49.7 Å². The number of halogens is 2. The summed E-state index contributed by atoms with van der Waals surface area (Å²) in [5.74, 6) is 0.926. The Morgan fingerprint density at radius 2 is 2.08 bits per heavy atom. The minimum atomic E-state index is -2.52. The normalized spacial score (nSPS) is 19.3. The Kier molecular flexibility index (Phi) is 9.32. The molecule has 0 amide bonds. The molecule has 1 aliphatic heterocycles. The van der Waals surface area contributed by atoms with Gasteiger partial charge in [0.15, 0.2) is 0 Å². The average molecular weight is 516 g/mol. The van der Waals surface area contributed by atoms with Gasteiger partial charge in [0.05, 0.1) is 30.7 Å². The van der Waals surface area contributed by atoms with E-state index in [1.165, 1.54) is 6.42 Å². The molecule has 1 aromatic carbocycles. The minimum Gasteiger partial charge on any atom is -0.386 e.